The van der Waals surface area contributed by atoms with Gasteiger partial charge in [-0.05, 0) is 30.2 Å². The van der Waals surface area contributed by atoms with Crippen molar-refractivity contribution in [2.75, 3.05) is 25.6 Å². The molecule has 40 heavy (non-hydrogen) atoms. The Labute approximate surface area is 234 Å². The fraction of sp³-hybridized carbons (Fsp3) is 0.269. The standard InChI is InChI=1S/C26H26ClN9O4/c1-14-17-5-4-16(24-19(27)10-29-26(33-24)32-21-11-30-35(2)34-21)8-18(17)25(39)36(14)12-22(38)31-20(13-37)15-6-7-28-23(9-15)40-3/h4-11,14,20,37H,12-13H2,1-3H3,(H,31,38)(H,29,32,33,34)/t14-,20-/m1/s1. The average Bonchev–Trinajstić information content (AvgIpc) is 3.47. The quantitative estimate of drug-likeness (QED) is 0.276. The molecule has 2 amide bonds. The van der Waals surface area contributed by atoms with Gasteiger partial charge in [0.05, 0.1) is 48.9 Å². The fourth-order valence-electron chi connectivity index (χ4n) is 4.49. The number of benzene rings is 1. The van der Waals surface area contributed by atoms with E-state index in [2.05, 4.69) is 35.8 Å². The minimum absolute atomic E-state index is 0.191. The van der Waals surface area contributed by atoms with E-state index >= 15 is 0 Å². The van der Waals surface area contributed by atoms with Gasteiger partial charge in [-0.15, -0.1) is 5.10 Å². The van der Waals surface area contributed by atoms with E-state index in [0.29, 0.717) is 39.1 Å². The minimum Gasteiger partial charge on any atom is -0.481 e. The summed E-state index contributed by atoms with van der Waals surface area (Å²) in [5, 5.41) is 24.1. The molecule has 1 aromatic carbocycles. The van der Waals surface area contributed by atoms with Gasteiger partial charge in [0, 0.05) is 30.4 Å². The Bertz CT molecular complexity index is 1580. The summed E-state index contributed by atoms with van der Waals surface area (Å²) < 4.78 is 5.12. The maximum Gasteiger partial charge on any atom is 0.255 e. The first-order chi connectivity index (χ1) is 19.3. The van der Waals surface area contributed by atoms with Crippen LogP contribution >= 0.6 is 11.6 Å². The van der Waals surface area contributed by atoms with E-state index < -0.39 is 11.9 Å². The third kappa shape index (κ3) is 5.42. The Kier molecular flexibility index (Phi) is 7.58. The molecule has 0 aliphatic carbocycles. The molecule has 4 aromatic rings. The number of aromatic nitrogens is 6. The summed E-state index contributed by atoms with van der Waals surface area (Å²) in [5.41, 5.74) is 2.91. The molecule has 3 aromatic heterocycles. The van der Waals surface area contributed by atoms with Gasteiger partial charge in [0.2, 0.25) is 17.7 Å². The summed E-state index contributed by atoms with van der Waals surface area (Å²) in [6.45, 7) is 1.33. The number of fused-ring (bicyclic) bond motifs is 1. The van der Waals surface area contributed by atoms with Crippen LogP contribution in [0, 0.1) is 0 Å². The first-order valence-corrected chi connectivity index (χ1v) is 12.7. The highest BCUT2D eigenvalue weighted by Gasteiger charge is 2.35. The number of carbonyl (C=O) groups is 2. The predicted molar refractivity (Wildman–Crippen MR) is 145 cm³/mol. The summed E-state index contributed by atoms with van der Waals surface area (Å²) in [6, 6.07) is 7.66. The number of rotatable bonds is 9. The Hall–Kier alpha value is -4.62. The van der Waals surface area contributed by atoms with Crippen LogP contribution in [0.15, 0.2) is 48.9 Å². The van der Waals surface area contributed by atoms with Crippen LogP contribution < -0.4 is 15.4 Å². The summed E-state index contributed by atoms with van der Waals surface area (Å²) >= 11 is 6.42. The van der Waals surface area contributed by atoms with Crippen molar-refractivity contribution >= 4 is 35.2 Å². The van der Waals surface area contributed by atoms with Crippen molar-refractivity contribution < 1.29 is 19.4 Å². The van der Waals surface area contributed by atoms with Crippen molar-refractivity contribution in [1.29, 1.82) is 0 Å². The number of hydrogen-bond donors (Lipinski definition) is 3. The van der Waals surface area contributed by atoms with E-state index in [9.17, 15) is 14.7 Å². The Morgan fingerprint density at radius 1 is 1.23 bits per heavy atom. The van der Waals surface area contributed by atoms with Crippen LogP contribution in [0.25, 0.3) is 11.3 Å². The number of halogens is 1. The van der Waals surface area contributed by atoms with Gasteiger partial charge in [-0.3, -0.25) is 9.59 Å². The Morgan fingerprint density at radius 2 is 2.05 bits per heavy atom. The van der Waals surface area contributed by atoms with Crippen LogP contribution in [-0.2, 0) is 11.8 Å². The molecule has 3 N–H and O–H groups in total. The molecule has 1 aliphatic rings. The smallest absolute Gasteiger partial charge is 0.255 e. The van der Waals surface area contributed by atoms with Gasteiger partial charge in [0.15, 0.2) is 5.82 Å². The van der Waals surface area contributed by atoms with E-state index in [1.807, 2.05) is 19.1 Å². The molecule has 206 valence electrons. The van der Waals surface area contributed by atoms with Crippen LogP contribution in [0.2, 0.25) is 5.02 Å². The van der Waals surface area contributed by atoms with Gasteiger partial charge in [-0.2, -0.15) is 9.90 Å². The van der Waals surface area contributed by atoms with Crippen molar-refractivity contribution in [3.05, 3.63) is 70.6 Å². The van der Waals surface area contributed by atoms with Crippen molar-refractivity contribution in [3.8, 4) is 17.1 Å². The average molecular weight is 564 g/mol. The number of anilines is 2. The number of carbonyl (C=O) groups excluding carboxylic acids is 2. The van der Waals surface area contributed by atoms with Gasteiger partial charge in [-0.1, -0.05) is 23.7 Å². The highest BCUT2D eigenvalue weighted by molar-refractivity contribution is 6.33. The zero-order valence-corrected chi connectivity index (χ0v) is 22.6. The van der Waals surface area contributed by atoms with E-state index in [1.165, 1.54) is 35.4 Å². The number of aliphatic hydroxyl groups is 1. The lowest BCUT2D eigenvalue weighted by molar-refractivity contribution is -0.123. The number of aryl methyl sites for hydroxylation is 1. The first-order valence-electron chi connectivity index (χ1n) is 12.3. The summed E-state index contributed by atoms with van der Waals surface area (Å²) in [6.07, 6.45) is 4.53. The highest BCUT2D eigenvalue weighted by atomic mass is 35.5. The van der Waals surface area contributed by atoms with Crippen molar-refractivity contribution in [2.45, 2.75) is 19.0 Å². The molecule has 0 unspecified atom stereocenters. The lowest BCUT2D eigenvalue weighted by atomic mass is 10.0. The maximum atomic E-state index is 13.4. The van der Waals surface area contributed by atoms with Crippen molar-refractivity contribution in [2.24, 2.45) is 7.05 Å². The third-order valence-electron chi connectivity index (χ3n) is 6.52. The number of aliphatic hydroxyl groups excluding tert-OH is 1. The number of amides is 2. The van der Waals surface area contributed by atoms with E-state index in [1.54, 1.807) is 25.2 Å². The van der Waals surface area contributed by atoms with Crippen LogP contribution in [0.1, 0.15) is 40.5 Å². The molecule has 0 bridgehead atoms. The first kappa shape index (κ1) is 27.0. The predicted octanol–water partition coefficient (Wildman–Crippen LogP) is 2.44. The SMILES string of the molecule is COc1cc([C@@H](CO)NC(=O)CN2C(=O)c3cc(-c4nc(Nc5cnn(C)n5)ncc4Cl)ccc3[C@H]2C)ccn1. The zero-order valence-electron chi connectivity index (χ0n) is 21.9. The summed E-state index contributed by atoms with van der Waals surface area (Å²) in [7, 11) is 3.18. The molecule has 0 fully saturated rings. The molecule has 0 spiro atoms. The number of pyridine rings is 1. The molecule has 14 heteroatoms. The van der Waals surface area contributed by atoms with Crippen molar-refractivity contribution in [3.63, 3.8) is 0 Å². The molecular formula is C26H26ClN9O4. The summed E-state index contributed by atoms with van der Waals surface area (Å²) in [5.74, 6) is 0.383. The van der Waals surface area contributed by atoms with Crippen LogP contribution in [0.3, 0.4) is 0 Å². The zero-order chi connectivity index (χ0) is 28.4. The van der Waals surface area contributed by atoms with Gasteiger partial charge < -0.3 is 25.4 Å². The second kappa shape index (κ2) is 11.2. The number of methoxy groups -OCH3 is 1. The number of hydrogen-bond acceptors (Lipinski definition) is 10. The molecular weight excluding hydrogens is 538 g/mol. The molecule has 0 saturated heterocycles. The molecule has 2 atom stereocenters. The van der Waals surface area contributed by atoms with Crippen LogP contribution in [0.5, 0.6) is 5.88 Å². The molecule has 1 aliphatic heterocycles. The van der Waals surface area contributed by atoms with Gasteiger partial charge in [0.25, 0.3) is 5.91 Å². The lowest BCUT2D eigenvalue weighted by Gasteiger charge is -2.23. The number of nitrogens with zero attached hydrogens (tertiary/aromatic N) is 7. The van der Waals surface area contributed by atoms with E-state index in [-0.39, 0.29) is 31.0 Å². The van der Waals surface area contributed by atoms with E-state index in [0.717, 1.165) is 5.56 Å². The topological polar surface area (TPSA) is 160 Å². The normalized spacial score (nSPS) is 15.1. The maximum absolute atomic E-state index is 13.4. The van der Waals surface area contributed by atoms with Crippen molar-refractivity contribution in [1.82, 2.24) is 40.2 Å². The fourth-order valence-corrected chi connectivity index (χ4v) is 4.69. The molecule has 4 heterocycles. The van der Waals surface area contributed by atoms with Gasteiger partial charge in [0.1, 0.15) is 6.54 Å². The largest absolute Gasteiger partial charge is 0.481 e. The molecule has 0 radical (unpaired) electrons. The second-order valence-corrected chi connectivity index (χ2v) is 9.49. The summed E-state index contributed by atoms with van der Waals surface area (Å²) in [4.78, 5) is 42.0. The number of nitrogens with one attached hydrogen (secondary N) is 2. The minimum atomic E-state index is -0.684. The Morgan fingerprint density at radius 3 is 2.77 bits per heavy atom. The van der Waals surface area contributed by atoms with Gasteiger partial charge >= 0.3 is 0 Å². The Balaban J connectivity index is 1.33. The van der Waals surface area contributed by atoms with Crippen LogP contribution in [0.4, 0.5) is 11.8 Å². The van der Waals surface area contributed by atoms with Crippen LogP contribution in [-0.4, -0.2) is 72.0 Å². The lowest BCUT2D eigenvalue weighted by Crippen LogP contribution is -2.41. The van der Waals surface area contributed by atoms with Gasteiger partial charge in [-0.25, -0.2) is 15.0 Å². The molecule has 0 saturated carbocycles. The second-order valence-electron chi connectivity index (χ2n) is 9.08. The molecule has 13 nitrogen and oxygen atoms in total. The van der Waals surface area contributed by atoms with E-state index in [4.69, 9.17) is 16.3 Å². The molecule has 5 rings (SSSR count). The number of ether oxygens (including phenoxy) is 1. The highest BCUT2D eigenvalue weighted by Crippen LogP contribution is 2.37. The third-order valence-corrected chi connectivity index (χ3v) is 6.80. The monoisotopic (exact) mass is 563 g/mol.